The van der Waals surface area contributed by atoms with Gasteiger partial charge in [0.25, 0.3) is 5.91 Å². The third-order valence-corrected chi connectivity index (χ3v) is 8.59. The van der Waals surface area contributed by atoms with E-state index in [0.717, 1.165) is 5.69 Å². The first-order chi connectivity index (χ1) is 19.6. The number of aromatic hydroxyl groups is 1. The molecule has 0 aromatic heterocycles. The molecular formula is C29H30N4O9. The first kappa shape index (κ1) is 28.8. The monoisotopic (exact) mass is 578 g/mol. The van der Waals surface area contributed by atoms with Crippen molar-refractivity contribution < 1.29 is 39.7 Å². The lowest BCUT2D eigenvalue weighted by atomic mass is 9.57. The zero-order valence-corrected chi connectivity index (χ0v) is 23.3. The maximum atomic E-state index is 14.0. The number of anilines is 1. The van der Waals surface area contributed by atoms with Crippen LogP contribution in [0.5, 0.6) is 5.75 Å². The molecule has 220 valence electrons. The molecule has 0 aliphatic heterocycles. The Labute approximate surface area is 239 Å². The summed E-state index contributed by atoms with van der Waals surface area (Å²) < 4.78 is 0. The van der Waals surface area contributed by atoms with Crippen LogP contribution in [0.2, 0.25) is 0 Å². The Kier molecular flexibility index (Phi) is 6.62. The zero-order valence-electron chi connectivity index (χ0n) is 23.3. The van der Waals surface area contributed by atoms with Gasteiger partial charge in [0, 0.05) is 37.3 Å². The number of fused-ring (bicyclic) bond motifs is 3. The molecule has 6 N–H and O–H groups in total. The number of aliphatic hydroxyl groups is 3. The number of nitrogens with two attached hydrogens (primary N) is 1. The summed E-state index contributed by atoms with van der Waals surface area (Å²) in [5.41, 5.74) is 2.30. The van der Waals surface area contributed by atoms with E-state index in [4.69, 9.17) is 5.73 Å². The first-order valence-electron chi connectivity index (χ1n) is 13.1. The van der Waals surface area contributed by atoms with E-state index in [1.165, 1.54) is 25.1 Å². The summed E-state index contributed by atoms with van der Waals surface area (Å²) in [4.78, 5) is 53.8. The van der Waals surface area contributed by atoms with Crippen LogP contribution >= 0.6 is 0 Å². The molecule has 5 rings (SSSR count). The highest BCUT2D eigenvalue weighted by molar-refractivity contribution is 6.24. The second kappa shape index (κ2) is 9.67. The number of nitro groups is 1. The molecule has 13 heteroatoms. The maximum Gasteiger partial charge on any atom is 0.312 e. The van der Waals surface area contributed by atoms with E-state index < -0.39 is 74.4 Å². The number of benzene rings is 2. The Morgan fingerprint density at radius 3 is 2.24 bits per heavy atom. The van der Waals surface area contributed by atoms with Crippen LogP contribution in [0, 0.1) is 22.0 Å². The van der Waals surface area contributed by atoms with Crippen molar-refractivity contribution in [2.75, 3.05) is 33.1 Å². The number of hydrogen-bond acceptors (Lipinski definition) is 11. The van der Waals surface area contributed by atoms with Gasteiger partial charge in [0.2, 0.25) is 11.5 Å². The van der Waals surface area contributed by atoms with Crippen molar-refractivity contribution in [1.82, 2.24) is 4.90 Å². The minimum atomic E-state index is -2.80. The summed E-state index contributed by atoms with van der Waals surface area (Å²) in [6.07, 6.45) is -0.0899. The highest BCUT2D eigenvalue weighted by atomic mass is 16.6. The number of rotatable bonds is 5. The average Bonchev–Trinajstić information content (AvgIpc) is 2.90. The molecular weight excluding hydrogens is 548 g/mol. The van der Waals surface area contributed by atoms with E-state index in [2.05, 4.69) is 0 Å². The molecule has 0 saturated heterocycles. The van der Waals surface area contributed by atoms with Gasteiger partial charge in [0.05, 0.1) is 16.5 Å². The van der Waals surface area contributed by atoms with Crippen LogP contribution in [0.25, 0.3) is 16.9 Å². The molecule has 3 aliphatic rings. The lowest BCUT2D eigenvalue weighted by molar-refractivity contribution is -0.385. The highest BCUT2D eigenvalue weighted by Gasteiger charge is 2.64. The van der Waals surface area contributed by atoms with Gasteiger partial charge < -0.3 is 31.1 Å². The molecule has 4 atom stereocenters. The number of hydrogen-bond donors (Lipinski definition) is 5. The Hall–Kier alpha value is -4.75. The van der Waals surface area contributed by atoms with Crippen molar-refractivity contribution in [2.45, 2.75) is 24.5 Å². The van der Waals surface area contributed by atoms with E-state index in [1.54, 1.807) is 24.3 Å². The fraction of sp³-hybridized carbons (Fsp3) is 0.345. The predicted molar refractivity (Wildman–Crippen MR) is 151 cm³/mol. The Balaban J connectivity index is 1.77. The van der Waals surface area contributed by atoms with Crippen molar-refractivity contribution >= 4 is 34.6 Å². The molecule has 42 heavy (non-hydrogen) atoms. The molecule has 2 aromatic rings. The zero-order chi connectivity index (χ0) is 31.0. The molecule has 2 aromatic carbocycles. The van der Waals surface area contributed by atoms with Crippen LogP contribution in [0.15, 0.2) is 47.2 Å². The lowest BCUT2D eigenvalue weighted by Crippen LogP contribution is -2.65. The molecule has 0 spiro atoms. The number of carbonyl (C=O) groups is 3. The number of aliphatic hydroxyl groups excluding tert-OH is 2. The molecule has 3 aliphatic carbocycles. The van der Waals surface area contributed by atoms with Crippen LogP contribution in [0.4, 0.5) is 11.4 Å². The van der Waals surface area contributed by atoms with Gasteiger partial charge in [-0.2, -0.15) is 0 Å². The summed E-state index contributed by atoms with van der Waals surface area (Å²) in [5, 5.41) is 57.1. The number of ketones is 2. The standard InChI is InChI=1S/C29H30N4O9/c1-31(2)14-7-5-12(6-8-14)15-11-18(33(41)42)23(34)20-16(15)9-13-10-17-22(32(3)4)25(36)21(28(30)39)27(38)29(17,40)26(37)19(13)24(20)35/h5-8,11,13,17,22,34-35,38,40H,9-10H2,1-4H3,(H2,30,39)/t13-,17-,22?,29-/m0/s1. The smallest absolute Gasteiger partial charge is 0.312 e. The first-order valence-corrected chi connectivity index (χ1v) is 13.1. The van der Waals surface area contributed by atoms with Gasteiger partial charge in [0.15, 0.2) is 11.4 Å². The van der Waals surface area contributed by atoms with Gasteiger partial charge in [-0.1, -0.05) is 12.1 Å². The van der Waals surface area contributed by atoms with E-state index >= 15 is 0 Å². The molecule has 0 bridgehead atoms. The number of phenolic OH excluding ortho intramolecular Hbond substituents is 1. The van der Waals surface area contributed by atoms with Crippen LogP contribution in [0.3, 0.4) is 0 Å². The normalized spacial score (nSPS) is 25.2. The molecule has 1 unspecified atom stereocenters. The Morgan fingerprint density at radius 2 is 1.71 bits per heavy atom. The lowest BCUT2D eigenvalue weighted by Gasteiger charge is -2.50. The number of likely N-dealkylation sites (N-methyl/N-ethyl adjacent to an activating group) is 1. The van der Waals surface area contributed by atoms with E-state index in [-0.39, 0.29) is 24.0 Å². The Morgan fingerprint density at radius 1 is 1.10 bits per heavy atom. The minimum absolute atomic E-state index is 0.00482. The number of nitrogens with zero attached hydrogens (tertiary/aromatic N) is 3. The number of amides is 1. The van der Waals surface area contributed by atoms with Gasteiger partial charge in [0.1, 0.15) is 17.1 Å². The summed E-state index contributed by atoms with van der Waals surface area (Å²) in [6.45, 7) is 0. The molecule has 0 heterocycles. The van der Waals surface area contributed by atoms with Crippen molar-refractivity contribution in [3.05, 3.63) is 68.5 Å². The SMILES string of the molecule is CN(C)c1ccc(-c2cc([N+](=O)[O-])c(O)c3c2C[C@H]2C[C@H]4C(N(C)C)C(=O)C(C(N)=O)=C(O)[C@@]4(O)C(=O)C2=C3O)cc1. The summed E-state index contributed by atoms with van der Waals surface area (Å²) in [5.74, 6) is -8.28. The number of nitro benzene ring substituents is 1. The van der Waals surface area contributed by atoms with Gasteiger partial charge >= 0.3 is 5.69 Å². The van der Waals surface area contributed by atoms with Crippen LogP contribution in [-0.4, -0.2) is 87.6 Å². The second-order valence-electron chi connectivity index (χ2n) is 11.3. The van der Waals surface area contributed by atoms with Gasteiger partial charge in [-0.15, -0.1) is 0 Å². The van der Waals surface area contributed by atoms with Crippen molar-refractivity contribution in [1.29, 1.82) is 0 Å². The van der Waals surface area contributed by atoms with E-state index in [9.17, 15) is 44.9 Å². The van der Waals surface area contributed by atoms with Crippen LogP contribution in [-0.2, 0) is 20.8 Å². The molecule has 1 amide bonds. The fourth-order valence-electron chi connectivity index (χ4n) is 6.63. The Bertz CT molecular complexity index is 1640. The predicted octanol–water partition coefficient (Wildman–Crippen LogP) is 1.61. The fourth-order valence-corrected chi connectivity index (χ4v) is 6.63. The number of primary amides is 1. The molecule has 1 fully saturated rings. The van der Waals surface area contributed by atoms with Gasteiger partial charge in [-0.3, -0.25) is 29.4 Å². The van der Waals surface area contributed by atoms with Crippen LogP contribution < -0.4 is 10.6 Å². The molecule has 13 nitrogen and oxygen atoms in total. The van der Waals surface area contributed by atoms with Crippen molar-refractivity contribution in [3.8, 4) is 16.9 Å². The van der Waals surface area contributed by atoms with Crippen molar-refractivity contribution in [3.63, 3.8) is 0 Å². The van der Waals surface area contributed by atoms with E-state index in [1.807, 2.05) is 19.0 Å². The molecule has 1 saturated carbocycles. The van der Waals surface area contributed by atoms with Gasteiger partial charge in [-0.05, 0) is 61.7 Å². The largest absolute Gasteiger partial charge is 0.508 e. The highest BCUT2D eigenvalue weighted by Crippen LogP contribution is 2.54. The summed E-state index contributed by atoms with van der Waals surface area (Å²) >= 11 is 0. The number of carbonyl (C=O) groups excluding carboxylic acids is 3. The third kappa shape index (κ3) is 3.88. The van der Waals surface area contributed by atoms with E-state index in [0.29, 0.717) is 16.7 Å². The third-order valence-electron chi connectivity index (χ3n) is 8.59. The topological polar surface area (TPSA) is 208 Å². The number of phenols is 1. The summed E-state index contributed by atoms with van der Waals surface area (Å²) in [6, 6.07) is 7.07. The molecule has 0 radical (unpaired) electrons. The van der Waals surface area contributed by atoms with Crippen molar-refractivity contribution in [2.24, 2.45) is 17.6 Å². The number of Topliss-reactive ketones (excluding diaryl/α,β-unsaturated/α-hetero) is 2. The van der Waals surface area contributed by atoms with Crippen LogP contribution in [0.1, 0.15) is 17.5 Å². The quantitative estimate of drug-likeness (QED) is 0.196. The minimum Gasteiger partial charge on any atom is -0.508 e. The second-order valence-corrected chi connectivity index (χ2v) is 11.3. The summed E-state index contributed by atoms with van der Waals surface area (Å²) in [7, 11) is 6.73. The average molecular weight is 579 g/mol. The van der Waals surface area contributed by atoms with Gasteiger partial charge in [-0.25, -0.2) is 0 Å². The maximum absolute atomic E-state index is 14.0.